The summed E-state index contributed by atoms with van der Waals surface area (Å²) in [5, 5.41) is 13.0. The Labute approximate surface area is 190 Å². The molecule has 12 heteroatoms. The fourth-order valence-corrected chi connectivity index (χ4v) is 5.07. The molecule has 0 radical (unpaired) electrons. The fraction of sp³-hybridized carbons (Fsp3) is 0.476. The lowest BCUT2D eigenvalue weighted by Gasteiger charge is -2.40. The van der Waals surface area contributed by atoms with Gasteiger partial charge in [0, 0.05) is 32.8 Å². The van der Waals surface area contributed by atoms with Crippen molar-refractivity contribution in [1.29, 1.82) is 0 Å². The maximum absolute atomic E-state index is 13.1. The summed E-state index contributed by atoms with van der Waals surface area (Å²) in [6, 6.07) is 5.53. The van der Waals surface area contributed by atoms with Gasteiger partial charge in [-0.25, -0.2) is 22.1 Å². The molecule has 1 fully saturated rings. The van der Waals surface area contributed by atoms with Gasteiger partial charge in [0.25, 0.3) is 11.5 Å². The fourth-order valence-electron chi connectivity index (χ4n) is 4.23. The van der Waals surface area contributed by atoms with Gasteiger partial charge in [0.2, 0.25) is 15.8 Å². The SMILES string of the molecule is CS(=O)(=O)N1CCC2(CC1)OCCCn1c2nc(C(=O)NCc2ccc(F)cc2)c(O)c1=O. The molecule has 4 rings (SSSR count). The van der Waals surface area contributed by atoms with Crippen molar-refractivity contribution < 1.29 is 27.4 Å². The number of carbonyl (C=O) groups excluding carboxylic acids is 1. The molecule has 1 amide bonds. The highest BCUT2D eigenvalue weighted by Crippen LogP contribution is 2.38. The normalized spacial score (nSPS) is 18.5. The first-order chi connectivity index (χ1) is 15.6. The molecular formula is C21H25FN4O6S. The van der Waals surface area contributed by atoms with E-state index in [0.717, 1.165) is 6.26 Å². The summed E-state index contributed by atoms with van der Waals surface area (Å²) in [5.41, 5.74) is -1.59. The molecule has 178 valence electrons. The molecule has 0 bridgehead atoms. The second-order valence-electron chi connectivity index (χ2n) is 8.26. The van der Waals surface area contributed by atoms with Gasteiger partial charge in [-0.3, -0.25) is 14.2 Å². The van der Waals surface area contributed by atoms with Crippen molar-refractivity contribution in [2.45, 2.75) is 38.0 Å². The number of hydrogen-bond donors (Lipinski definition) is 2. The summed E-state index contributed by atoms with van der Waals surface area (Å²) in [6.07, 6.45) is 2.15. The Morgan fingerprint density at radius 1 is 1.24 bits per heavy atom. The Hall–Kier alpha value is -2.83. The minimum absolute atomic E-state index is 0.0453. The van der Waals surface area contributed by atoms with Gasteiger partial charge in [-0.2, -0.15) is 0 Å². The monoisotopic (exact) mass is 480 g/mol. The van der Waals surface area contributed by atoms with Gasteiger partial charge >= 0.3 is 0 Å². The van der Waals surface area contributed by atoms with Crippen molar-refractivity contribution in [2.75, 3.05) is 26.0 Å². The lowest BCUT2D eigenvalue weighted by Crippen LogP contribution is -2.48. The van der Waals surface area contributed by atoms with Crippen LogP contribution < -0.4 is 10.9 Å². The van der Waals surface area contributed by atoms with Crippen LogP contribution in [0.3, 0.4) is 0 Å². The molecule has 0 saturated carbocycles. The van der Waals surface area contributed by atoms with Crippen molar-refractivity contribution in [3.05, 3.63) is 57.5 Å². The van der Waals surface area contributed by atoms with E-state index >= 15 is 0 Å². The third-order valence-corrected chi connectivity index (χ3v) is 7.34. The van der Waals surface area contributed by atoms with Gasteiger partial charge in [-0.05, 0) is 37.0 Å². The predicted octanol–water partition coefficient (Wildman–Crippen LogP) is 0.689. The average Bonchev–Trinajstić information content (AvgIpc) is 2.95. The van der Waals surface area contributed by atoms with Crippen LogP contribution in [0.2, 0.25) is 0 Å². The lowest BCUT2D eigenvalue weighted by atomic mass is 9.90. The van der Waals surface area contributed by atoms with E-state index in [4.69, 9.17) is 4.74 Å². The van der Waals surface area contributed by atoms with Crippen molar-refractivity contribution in [1.82, 2.24) is 19.2 Å². The number of hydrogen-bond acceptors (Lipinski definition) is 7. The number of ether oxygens (including phenoxy) is 1. The van der Waals surface area contributed by atoms with Crippen LogP contribution in [-0.4, -0.2) is 59.2 Å². The number of nitrogens with zero attached hydrogens (tertiary/aromatic N) is 3. The zero-order valence-electron chi connectivity index (χ0n) is 18.1. The maximum Gasteiger partial charge on any atom is 0.296 e. The average molecular weight is 481 g/mol. The van der Waals surface area contributed by atoms with E-state index in [0.29, 0.717) is 18.6 Å². The predicted molar refractivity (Wildman–Crippen MR) is 116 cm³/mol. The Kier molecular flexibility index (Phi) is 6.25. The molecule has 10 nitrogen and oxygen atoms in total. The van der Waals surface area contributed by atoms with Crippen molar-refractivity contribution in [3.8, 4) is 5.75 Å². The molecule has 2 N–H and O–H groups in total. The molecular weight excluding hydrogens is 455 g/mol. The van der Waals surface area contributed by atoms with Gasteiger partial charge in [-0.15, -0.1) is 0 Å². The number of piperidine rings is 1. The summed E-state index contributed by atoms with van der Waals surface area (Å²) in [6.45, 7) is 0.991. The van der Waals surface area contributed by atoms with Crippen molar-refractivity contribution in [3.63, 3.8) is 0 Å². The summed E-state index contributed by atoms with van der Waals surface area (Å²) >= 11 is 0. The van der Waals surface area contributed by atoms with E-state index in [1.54, 1.807) is 0 Å². The second kappa shape index (κ2) is 8.84. The largest absolute Gasteiger partial charge is 0.501 e. The number of aromatic hydroxyl groups is 1. The summed E-state index contributed by atoms with van der Waals surface area (Å²) in [5.74, 6) is -1.72. The van der Waals surface area contributed by atoms with Crippen LogP contribution >= 0.6 is 0 Å². The Balaban J connectivity index is 1.66. The number of sulfonamides is 1. The molecule has 0 atom stereocenters. The van der Waals surface area contributed by atoms with E-state index in [9.17, 15) is 27.5 Å². The number of amides is 1. The quantitative estimate of drug-likeness (QED) is 0.658. The van der Waals surface area contributed by atoms with Gasteiger partial charge in [0.05, 0.1) is 6.26 Å². The number of nitrogens with one attached hydrogen (secondary N) is 1. The standard InChI is InChI=1S/C21H25FN4O6S/c1-33(30,31)25-10-7-21(8-11-25)20-24-16(17(27)19(29)26(20)9-2-12-32-21)18(28)23-13-14-3-5-15(22)6-4-14/h3-6,27H,2,7-13H2,1H3,(H,23,28). The van der Waals surface area contributed by atoms with E-state index < -0.39 is 44.4 Å². The highest BCUT2D eigenvalue weighted by atomic mass is 32.2. The van der Waals surface area contributed by atoms with Crippen molar-refractivity contribution in [2.24, 2.45) is 0 Å². The molecule has 1 saturated heterocycles. The Bertz CT molecular complexity index is 1220. The lowest BCUT2D eigenvalue weighted by molar-refractivity contribution is -0.0825. The van der Waals surface area contributed by atoms with E-state index in [2.05, 4.69) is 10.3 Å². The molecule has 0 unspecified atom stereocenters. The zero-order valence-corrected chi connectivity index (χ0v) is 18.9. The molecule has 33 heavy (non-hydrogen) atoms. The highest BCUT2D eigenvalue weighted by Gasteiger charge is 2.44. The van der Waals surface area contributed by atoms with Crippen molar-refractivity contribution >= 4 is 15.9 Å². The number of aromatic nitrogens is 2. The molecule has 1 spiro atoms. The van der Waals surface area contributed by atoms with E-state index in [1.165, 1.54) is 33.1 Å². The third kappa shape index (κ3) is 4.63. The number of carbonyl (C=O) groups is 1. The first-order valence-electron chi connectivity index (χ1n) is 10.6. The van der Waals surface area contributed by atoms with Gasteiger partial charge in [-0.1, -0.05) is 12.1 Å². The number of fused-ring (bicyclic) bond motifs is 2. The first-order valence-corrected chi connectivity index (χ1v) is 12.4. The highest BCUT2D eigenvalue weighted by molar-refractivity contribution is 7.88. The summed E-state index contributed by atoms with van der Waals surface area (Å²) in [7, 11) is -3.38. The molecule has 2 aromatic rings. The molecule has 0 aliphatic carbocycles. The van der Waals surface area contributed by atoms with Crippen LogP contribution in [0.15, 0.2) is 29.1 Å². The topological polar surface area (TPSA) is 131 Å². The van der Waals surface area contributed by atoms with Crippen LogP contribution in [-0.2, 0) is 33.5 Å². The molecule has 1 aromatic heterocycles. The number of halogens is 1. The van der Waals surface area contributed by atoms with Gasteiger partial charge in [0.1, 0.15) is 17.2 Å². The molecule has 1 aromatic carbocycles. The molecule has 2 aliphatic heterocycles. The van der Waals surface area contributed by atoms with Crippen LogP contribution in [0.4, 0.5) is 4.39 Å². The van der Waals surface area contributed by atoms with Gasteiger partial charge in [0.15, 0.2) is 5.69 Å². The van der Waals surface area contributed by atoms with Crippen LogP contribution in [0.5, 0.6) is 5.75 Å². The van der Waals surface area contributed by atoms with E-state index in [1.807, 2.05) is 0 Å². The second-order valence-corrected chi connectivity index (χ2v) is 10.2. The summed E-state index contributed by atoms with van der Waals surface area (Å²) < 4.78 is 45.7. The van der Waals surface area contributed by atoms with Crippen LogP contribution in [0, 0.1) is 5.82 Å². The van der Waals surface area contributed by atoms with Gasteiger partial charge < -0.3 is 15.2 Å². The summed E-state index contributed by atoms with van der Waals surface area (Å²) in [4.78, 5) is 30.1. The smallest absolute Gasteiger partial charge is 0.296 e. The minimum atomic E-state index is -3.38. The third-order valence-electron chi connectivity index (χ3n) is 6.04. The molecule has 2 aliphatic rings. The van der Waals surface area contributed by atoms with Crippen LogP contribution in [0.25, 0.3) is 0 Å². The molecule has 3 heterocycles. The van der Waals surface area contributed by atoms with Crippen LogP contribution in [0.1, 0.15) is 41.1 Å². The number of rotatable bonds is 4. The Morgan fingerprint density at radius 3 is 2.55 bits per heavy atom. The first kappa shape index (κ1) is 23.3. The number of benzene rings is 1. The van der Waals surface area contributed by atoms with E-state index in [-0.39, 0.29) is 44.8 Å². The maximum atomic E-state index is 13.1. The Morgan fingerprint density at radius 2 is 1.91 bits per heavy atom. The zero-order chi connectivity index (χ0) is 23.8. The minimum Gasteiger partial charge on any atom is -0.501 e.